The van der Waals surface area contributed by atoms with Crippen molar-refractivity contribution in [1.82, 2.24) is 0 Å². The van der Waals surface area contributed by atoms with Crippen molar-refractivity contribution in [2.75, 3.05) is 6.61 Å². The van der Waals surface area contributed by atoms with Crippen LogP contribution in [0, 0.1) is 0 Å². The molecule has 2 nitrogen and oxygen atoms in total. The Morgan fingerprint density at radius 1 is 1.56 bits per heavy atom. The number of aliphatic hydroxyl groups excluding tert-OH is 1. The summed E-state index contributed by atoms with van der Waals surface area (Å²) < 4.78 is 5.51. The van der Waals surface area contributed by atoms with Crippen molar-refractivity contribution in [1.29, 1.82) is 0 Å². The Kier molecular flexibility index (Phi) is 4.84. The summed E-state index contributed by atoms with van der Waals surface area (Å²) in [6.07, 6.45) is 0.302. The predicted octanol–water partition coefficient (Wildman–Crippen LogP) is 3.74. The van der Waals surface area contributed by atoms with E-state index in [1.54, 1.807) is 19.1 Å². The molecule has 1 rings (SSSR count). The number of ether oxygens (including phenoxy) is 1. The van der Waals surface area contributed by atoms with E-state index in [0.717, 1.165) is 17.6 Å². The SMILES string of the molecule is C=C(C)CCOc1ccc([C@H](C)O)cc1Cl. The summed E-state index contributed by atoms with van der Waals surface area (Å²) in [6.45, 7) is 8.03. The summed E-state index contributed by atoms with van der Waals surface area (Å²) in [5, 5.41) is 9.90. The predicted molar refractivity (Wildman–Crippen MR) is 67.0 cm³/mol. The largest absolute Gasteiger partial charge is 0.492 e. The maximum absolute atomic E-state index is 9.38. The van der Waals surface area contributed by atoms with E-state index < -0.39 is 6.10 Å². The molecule has 3 heteroatoms. The van der Waals surface area contributed by atoms with E-state index in [2.05, 4.69) is 6.58 Å². The lowest BCUT2D eigenvalue weighted by atomic mass is 10.1. The highest BCUT2D eigenvalue weighted by molar-refractivity contribution is 6.32. The first-order valence-electron chi connectivity index (χ1n) is 5.25. The fourth-order valence-corrected chi connectivity index (χ4v) is 1.47. The molecule has 1 N–H and O–H groups in total. The quantitative estimate of drug-likeness (QED) is 0.795. The summed E-state index contributed by atoms with van der Waals surface area (Å²) in [5.41, 5.74) is 1.87. The van der Waals surface area contributed by atoms with Crippen LogP contribution in [-0.2, 0) is 0 Å². The molecule has 0 aliphatic carbocycles. The first kappa shape index (κ1) is 13.1. The monoisotopic (exact) mass is 240 g/mol. The average molecular weight is 241 g/mol. The fraction of sp³-hybridized carbons (Fsp3) is 0.385. The number of aliphatic hydroxyl groups is 1. The van der Waals surface area contributed by atoms with E-state index in [-0.39, 0.29) is 0 Å². The maximum Gasteiger partial charge on any atom is 0.137 e. The number of halogens is 1. The van der Waals surface area contributed by atoms with E-state index >= 15 is 0 Å². The standard InChI is InChI=1S/C13H17ClO2/c1-9(2)6-7-16-13-5-4-11(10(3)15)8-12(13)14/h4-5,8,10,15H,1,6-7H2,2-3H3/t10-/m0/s1. The summed E-state index contributed by atoms with van der Waals surface area (Å²) in [5.74, 6) is 0.646. The molecule has 0 saturated heterocycles. The Morgan fingerprint density at radius 2 is 2.25 bits per heavy atom. The van der Waals surface area contributed by atoms with E-state index in [4.69, 9.17) is 16.3 Å². The molecular formula is C13H17ClO2. The third-order valence-corrected chi connectivity index (χ3v) is 2.52. The molecular weight excluding hydrogens is 224 g/mol. The number of hydrogen-bond donors (Lipinski definition) is 1. The molecule has 0 aromatic heterocycles. The lowest BCUT2D eigenvalue weighted by Gasteiger charge is -2.10. The summed E-state index contributed by atoms with van der Waals surface area (Å²) >= 11 is 6.03. The van der Waals surface area contributed by atoms with Gasteiger partial charge in [-0.2, -0.15) is 0 Å². The van der Waals surface area contributed by atoms with Crippen LogP contribution < -0.4 is 4.74 Å². The fourth-order valence-electron chi connectivity index (χ4n) is 1.23. The van der Waals surface area contributed by atoms with Crippen molar-refractivity contribution in [2.45, 2.75) is 26.4 Å². The Hall–Kier alpha value is -0.990. The zero-order valence-corrected chi connectivity index (χ0v) is 10.4. The Morgan fingerprint density at radius 3 is 2.75 bits per heavy atom. The molecule has 0 fully saturated rings. The minimum Gasteiger partial charge on any atom is -0.492 e. The van der Waals surface area contributed by atoms with Gasteiger partial charge in [-0.15, -0.1) is 6.58 Å². The highest BCUT2D eigenvalue weighted by Crippen LogP contribution is 2.28. The molecule has 1 aromatic carbocycles. The molecule has 88 valence electrons. The smallest absolute Gasteiger partial charge is 0.137 e. The van der Waals surface area contributed by atoms with Gasteiger partial charge in [0.25, 0.3) is 0 Å². The Labute approximate surface area is 102 Å². The third kappa shape index (κ3) is 3.87. The minimum absolute atomic E-state index is 0.512. The molecule has 16 heavy (non-hydrogen) atoms. The summed E-state index contributed by atoms with van der Waals surface area (Å²) in [4.78, 5) is 0. The lowest BCUT2D eigenvalue weighted by molar-refractivity contribution is 0.199. The summed E-state index contributed by atoms with van der Waals surface area (Å²) in [6, 6.07) is 5.32. The van der Waals surface area contributed by atoms with Crippen LogP contribution in [0.25, 0.3) is 0 Å². The van der Waals surface area contributed by atoms with Crippen molar-refractivity contribution in [3.8, 4) is 5.75 Å². The molecule has 0 saturated carbocycles. The van der Waals surface area contributed by atoms with Gasteiger partial charge in [0.2, 0.25) is 0 Å². The van der Waals surface area contributed by atoms with E-state index in [1.807, 2.05) is 13.0 Å². The van der Waals surface area contributed by atoms with Crippen LogP contribution in [0.3, 0.4) is 0 Å². The molecule has 0 amide bonds. The van der Waals surface area contributed by atoms with Gasteiger partial charge in [-0.3, -0.25) is 0 Å². The molecule has 0 bridgehead atoms. The van der Waals surface area contributed by atoms with Gasteiger partial charge in [0, 0.05) is 6.42 Å². The van der Waals surface area contributed by atoms with Crippen molar-refractivity contribution in [3.05, 3.63) is 40.9 Å². The van der Waals surface area contributed by atoms with Crippen LogP contribution in [-0.4, -0.2) is 11.7 Å². The Balaban J connectivity index is 2.64. The van der Waals surface area contributed by atoms with E-state index in [9.17, 15) is 5.11 Å². The van der Waals surface area contributed by atoms with E-state index in [1.165, 1.54) is 0 Å². The normalized spacial score (nSPS) is 12.2. The van der Waals surface area contributed by atoms with Crippen molar-refractivity contribution >= 4 is 11.6 Å². The maximum atomic E-state index is 9.38. The van der Waals surface area contributed by atoms with Crippen LogP contribution in [0.1, 0.15) is 31.9 Å². The van der Waals surface area contributed by atoms with Gasteiger partial charge in [0.05, 0.1) is 17.7 Å². The molecule has 0 heterocycles. The van der Waals surface area contributed by atoms with Crippen molar-refractivity contribution in [3.63, 3.8) is 0 Å². The second-order valence-electron chi connectivity index (χ2n) is 3.92. The van der Waals surface area contributed by atoms with Crippen LogP contribution in [0.5, 0.6) is 5.75 Å². The van der Waals surface area contributed by atoms with Crippen molar-refractivity contribution < 1.29 is 9.84 Å². The highest BCUT2D eigenvalue weighted by Gasteiger charge is 2.06. The molecule has 1 aromatic rings. The van der Waals surface area contributed by atoms with Gasteiger partial charge in [-0.25, -0.2) is 0 Å². The van der Waals surface area contributed by atoms with Crippen LogP contribution in [0.15, 0.2) is 30.4 Å². The zero-order chi connectivity index (χ0) is 12.1. The highest BCUT2D eigenvalue weighted by atomic mass is 35.5. The molecule has 1 atom stereocenters. The third-order valence-electron chi connectivity index (χ3n) is 2.22. The van der Waals surface area contributed by atoms with Gasteiger partial charge < -0.3 is 9.84 Å². The van der Waals surface area contributed by atoms with Gasteiger partial charge in [0.1, 0.15) is 5.75 Å². The van der Waals surface area contributed by atoms with Gasteiger partial charge >= 0.3 is 0 Å². The zero-order valence-electron chi connectivity index (χ0n) is 9.66. The van der Waals surface area contributed by atoms with Crippen molar-refractivity contribution in [2.24, 2.45) is 0 Å². The first-order valence-corrected chi connectivity index (χ1v) is 5.63. The van der Waals surface area contributed by atoms with Crippen LogP contribution >= 0.6 is 11.6 Å². The molecule has 0 unspecified atom stereocenters. The second-order valence-corrected chi connectivity index (χ2v) is 4.33. The van der Waals surface area contributed by atoms with Crippen LogP contribution in [0.2, 0.25) is 5.02 Å². The number of benzene rings is 1. The van der Waals surface area contributed by atoms with Gasteiger partial charge in [-0.05, 0) is 31.5 Å². The molecule has 0 radical (unpaired) electrons. The lowest BCUT2D eigenvalue weighted by Crippen LogP contribution is -1.99. The first-order chi connectivity index (χ1) is 7.50. The average Bonchev–Trinajstić information content (AvgIpc) is 2.19. The van der Waals surface area contributed by atoms with E-state index in [0.29, 0.717) is 17.4 Å². The molecule has 0 aliphatic heterocycles. The molecule has 0 aliphatic rings. The molecule has 0 spiro atoms. The van der Waals surface area contributed by atoms with Gasteiger partial charge in [0.15, 0.2) is 0 Å². The Bertz CT molecular complexity index is 372. The topological polar surface area (TPSA) is 29.5 Å². The van der Waals surface area contributed by atoms with Gasteiger partial charge in [-0.1, -0.05) is 23.2 Å². The summed E-state index contributed by atoms with van der Waals surface area (Å²) in [7, 11) is 0. The van der Waals surface area contributed by atoms with Crippen LogP contribution in [0.4, 0.5) is 0 Å². The number of rotatable bonds is 5. The minimum atomic E-state index is -0.512. The second kappa shape index (κ2) is 5.92. The number of hydrogen-bond acceptors (Lipinski definition) is 2.